The second-order valence-corrected chi connectivity index (χ2v) is 4.66. The highest BCUT2D eigenvalue weighted by molar-refractivity contribution is 5.88. The molecule has 5 heteroatoms. The smallest absolute Gasteiger partial charge is 0.335 e. The Morgan fingerprint density at radius 2 is 2.05 bits per heavy atom. The Hall–Kier alpha value is -2.87. The molecule has 1 N–H and O–H groups in total. The number of fused-ring (bicyclic) bond motifs is 1. The normalized spacial score (nSPS) is 12.8. The zero-order chi connectivity index (χ0) is 14.1. The maximum atomic E-state index is 11.0. The second-order valence-electron chi connectivity index (χ2n) is 4.66. The zero-order valence-electron chi connectivity index (χ0n) is 10.6. The van der Waals surface area contributed by atoms with Crippen molar-refractivity contribution < 1.29 is 9.90 Å². The molecule has 5 nitrogen and oxygen atoms in total. The number of aromatic carboxylic acids is 1. The zero-order valence-corrected chi connectivity index (χ0v) is 10.6. The molecule has 0 amide bonds. The first-order valence-corrected chi connectivity index (χ1v) is 6.13. The number of nitriles is 1. The number of nitrogens with zero attached hydrogens (tertiary/aromatic N) is 3. The van der Waals surface area contributed by atoms with Crippen LogP contribution in [0.25, 0.3) is 0 Å². The standard InChI is InChI=1S/C15H11N3O2/c16-7-10-3-4-17-14(5-10)18-8-12-2-1-11(15(19)20)6-13(12)9-18/h1-6H,8-9H2,(H,19,20). The molecule has 0 atom stereocenters. The van der Waals surface area contributed by atoms with Crippen molar-refractivity contribution in [3.05, 3.63) is 58.8 Å². The lowest BCUT2D eigenvalue weighted by Gasteiger charge is -2.16. The lowest BCUT2D eigenvalue weighted by Crippen LogP contribution is -2.15. The van der Waals surface area contributed by atoms with Gasteiger partial charge >= 0.3 is 5.97 Å². The minimum absolute atomic E-state index is 0.296. The summed E-state index contributed by atoms with van der Waals surface area (Å²) in [5, 5.41) is 17.9. The summed E-state index contributed by atoms with van der Waals surface area (Å²) >= 11 is 0. The lowest BCUT2D eigenvalue weighted by atomic mass is 10.1. The van der Waals surface area contributed by atoms with Gasteiger partial charge in [0.1, 0.15) is 5.82 Å². The van der Waals surface area contributed by atoms with Gasteiger partial charge in [0.2, 0.25) is 0 Å². The Bertz CT molecular complexity index is 734. The van der Waals surface area contributed by atoms with E-state index in [1.807, 2.05) is 11.0 Å². The van der Waals surface area contributed by atoms with E-state index in [0.717, 1.165) is 16.9 Å². The van der Waals surface area contributed by atoms with Gasteiger partial charge in [0.15, 0.2) is 0 Å². The van der Waals surface area contributed by atoms with Gasteiger partial charge in [-0.1, -0.05) is 6.07 Å². The highest BCUT2D eigenvalue weighted by atomic mass is 16.4. The van der Waals surface area contributed by atoms with Gasteiger partial charge in [0, 0.05) is 19.3 Å². The van der Waals surface area contributed by atoms with Crippen LogP contribution in [0.1, 0.15) is 27.0 Å². The van der Waals surface area contributed by atoms with E-state index in [-0.39, 0.29) is 0 Å². The number of aromatic nitrogens is 1. The van der Waals surface area contributed by atoms with Crippen molar-refractivity contribution in [2.75, 3.05) is 4.90 Å². The largest absolute Gasteiger partial charge is 0.478 e. The van der Waals surface area contributed by atoms with Crippen molar-refractivity contribution in [3.63, 3.8) is 0 Å². The summed E-state index contributed by atoms with van der Waals surface area (Å²) in [4.78, 5) is 17.3. The van der Waals surface area contributed by atoms with Crippen LogP contribution in [0.15, 0.2) is 36.5 Å². The van der Waals surface area contributed by atoms with Crippen LogP contribution in [0.4, 0.5) is 5.82 Å². The Balaban J connectivity index is 1.90. The monoisotopic (exact) mass is 265 g/mol. The molecule has 1 aliphatic rings. The van der Waals surface area contributed by atoms with Crippen LogP contribution in [0.3, 0.4) is 0 Å². The molecule has 1 aromatic carbocycles. The van der Waals surface area contributed by atoms with E-state index < -0.39 is 5.97 Å². The first-order chi connectivity index (χ1) is 9.67. The van der Waals surface area contributed by atoms with E-state index in [1.54, 1.807) is 30.5 Å². The molecule has 2 heterocycles. The predicted octanol–water partition coefficient (Wildman–Crippen LogP) is 2.17. The topological polar surface area (TPSA) is 77.2 Å². The van der Waals surface area contributed by atoms with Gasteiger partial charge in [0.25, 0.3) is 0 Å². The maximum Gasteiger partial charge on any atom is 0.335 e. The van der Waals surface area contributed by atoms with E-state index in [1.165, 1.54) is 0 Å². The molecule has 0 radical (unpaired) electrons. The van der Waals surface area contributed by atoms with Crippen LogP contribution in [0.5, 0.6) is 0 Å². The van der Waals surface area contributed by atoms with E-state index in [4.69, 9.17) is 10.4 Å². The molecule has 0 fully saturated rings. The van der Waals surface area contributed by atoms with E-state index >= 15 is 0 Å². The fourth-order valence-electron chi connectivity index (χ4n) is 2.35. The molecule has 2 aromatic rings. The van der Waals surface area contributed by atoms with Gasteiger partial charge in [-0.25, -0.2) is 9.78 Å². The minimum atomic E-state index is -0.921. The van der Waals surface area contributed by atoms with Crippen LogP contribution in [0.2, 0.25) is 0 Å². The summed E-state index contributed by atoms with van der Waals surface area (Å²) in [5.74, 6) is -0.187. The van der Waals surface area contributed by atoms with Crippen LogP contribution in [0, 0.1) is 11.3 Å². The first-order valence-electron chi connectivity index (χ1n) is 6.13. The first kappa shape index (κ1) is 12.2. The molecule has 0 saturated carbocycles. The molecule has 1 aromatic heterocycles. The van der Waals surface area contributed by atoms with Crippen molar-refractivity contribution in [1.29, 1.82) is 5.26 Å². The number of carboxylic acids is 1. The molecule has 3 rings (SSSR count). The van der Waals surface area contributed by atoms with Gasteiger partial charge in [-0.3, -0.25) is 0 Å². The number of benzene rings is 1. The number of rotatable bonds is 2. The van der Waals surface area contributed by atoms with Crippen molar-refractivity contribution in [2.24, 2.45) is 0 Å². The van der Waals surface area contributed by atoms with Gasteiger partial charge in [-0.05, 0) is 35.4 Å². The summed E-state index contributed by atoms with van der Waals surface area (Å²) in [6, 6.07) is 10.6. The molecule has 0 unspecified atom stereocenters. The quantitative estimate of drug-likeness (QED) is 0.900. The van der Waals surface area contributed by atoms with Crippen LogP contribution >= 0.6 is 0 Å². The third-order valence-corrected chi connectivity index (χ3v) is 3.37. The second kappa shape index (κ2) is 4.67. The Kier molecular flexibility index (Phi) is 2.84. The fourth-order valence-corrected chi connectivity index (χ4v) is 2.35. The molecule has 98 valence electrons. The SMILES string of the molecule is N#Cc1ccnc(N2Cc3ccc(C(=O)O)cc3C2)c1. The minimum Gasteiger partial charge on any atom is -0.478 e. The summed E-state index contributed by atoms with van der Waals surface area (Å²) in [6.07, 6.45) is 1.61. The number of pyridine rings is 1. The molecule has 20 heavy (non-hydrogen) atoms. The Morgan fingerprint density at radius 3 is 2.80 bits per heavy atom. The van der Waals surface area contributed by atoms with Crippen molar-refractivity contribution in [2.45, 2.75) is 13.1 Å². The predicted molar refractivity (Wildman–Crippen MR) is 72.2 cm³/mol. The van der Waals surface area contributed by atoms with Crippen LogP contribution in [-0.4, -0.2) is 16.1 Å². The van der Waals surface area contributed by atoms with Crippen LogP contribution < -0.4 is 4.90 Å². The highest BCUT2D eigenvalue weighted by Gasteiger charge is 2.21. The van der Waals surface area contributed by atoms with Crippen LogP contribution in [-0.2, 0) is 13.1 Å². The van der Waals surface area contributed by atoms with E-state index in [9.17, 15) is 4.79 Å². The summed E-state index contributed by atoms with van der Waals surface area (Å²) in [5.41, 5.74) is 2.95. The Morgan fingerprint density at radius 1 is 1.25 bits per heavy atom. The molecule has 1 aliphatic heterocycles. The van der Waals surface area contributed by atoms with Crippen molar-refractivity contribution >= 4 is 11.8 Å². The number of anilines is 1. The average Bonchev–Trinajstić information content (AvgIpc) is 2.90. The van der Waals surface area contributed by atoms with Crippen molar-refractivity contribution in [1.82, 2.24) is 4.98 Å². The summed E-state index contributed by atoms with van der Waals surface area (Å²) in [6.45, 7) is 1.29. The van der Waals surface area contributed by atoms with E-state index in [0.29, 0.717) is 24.2 Å². The molecular weight excluding hydrogens is 254 g/mol. The lowest BCUT2D eigenvalue weighted by molar-refractivity contribution is 0.0697. The average molecular weight is 265 g/mol. The van der Waals surface area contributed by atoms with E-state index in [2.05, 4.69) is 11.1 Å². The summed E-state index contributed by atoms with van der Waals surface area (Å²) < 4.78 is 0. The number of hydrogen-bond acceptors (Lipinski definition) is 4. The molecule has 0 saturated heterocycles. The molecule has 0 aliphatic carbocycles. The number of hydrogen-bond donors (Lipinski definition) is 1. The van der Waals surface area contributed by atoms with Crippen molar-refractivity contribution in [3.8, 4) is 6.07 Å². The van der Waals surface area contributed by atoms with Gasteiger partial charge in [-0.2, -0.15) is 5.26 Å². The summed E-state index contributed by atoms with van der Waals surface area (Å²) in [7, 11) is 0. The third kappa shape index (κ3) is 2.08. The maximum absolute atomic E-state index is 11.0. The number of carbonyl (C=O) groups is 1. The molecule has 0 bridgehead atoms. The highest BCUT2D eigenvalue weighted by Crippen LogP contribution is 2.28. The fraction of sp³-hybridized carbons (Fsp3) is 0.133. The van der Waals surface area contributed by atoms with Gasteiger partial charge < -0.3 is 10.0 Å². The van der Waals surface area contributed by atoms with Gasteiger partial charge in [0.05, 0.1) is 17.2 Å². The van der Waals surface area contributed by atoms with Gasteiger partial charge in [-0.15, -0.1) is 0 Å². The third-order valence-electron chi connectivity index (χ3n) is 3.37. The molecular formula is C15H11N3O2. The number of carboxylic acid groups (broad SMARTS) is 1. The Labute approximate surface area is 115 Å². The molecule has 0 spiro atoms.